The molecule has 0 bridgehead atoms. The Morgan fingerprint density at radius 3 is 2.58 bits per heavy atom. The number of benzene rings is 2. The molecular formula is C21H27ClN2O2. The van der Waals surface area contributed by atoms with E-state index in [0.29, 0.717) is 18.1 Å². The summed E-state index contributed by atoms with van der Waals surface area (Å²) in [6.45, 7) is 3.46. The molecule has 1 saturated heterocycles. The van der Waals surface area contributed by atoms with Gasteiger partial charge in [-0.3, -0.25) is 4.79 Å². The predicted octanol–water partition coefficient (Wildman–Crippen LogP) is 3.81. The number of halogens is 1. The van der Waals surface area contributed by atoms with E-state index in [1.54, 1.807) is 0 Å². The van der Waals surface area contributed by atoms with Crippen LogP contribution in [0.3, 0.4) is 0 Å². The van der Waals surface area contributed by atoms with Crippen LogP contribution in [0.1, 0.15) is 35.2 Å². The summed E-state index contributed by atoms with van der Waals surface area (Å²) in [6.07, 6.45) is 3.54. The van der Waals surface area contributed by atoms with Crippen molar-refractivity contribution >= 4 is 18.3 Å². The summed E-state index contributed by atoms with van der Waals surface area (Å²) >= 11 is 0. The Balaban J connectivity index is 0.00000243. The molecule has 4 nitrogen and oxygen atoms in total. The molecule has 3 rings (SSSR count). The van der Waals surface area contributed by atoms with Crippen molar-refractivity contribution in [3.8, 4) is 5.75 Å². The zero-order valence-corrected chi connectivity index (χ0v) is 15.8. The van der Waals surface area contributed by atoms with Crippen LogP contribution in [0.15, 0.2) is 54.6 Å². The third kappa shape index (κ3) is 6.36. The highest BCUT2D eigenvalue weighted by Gasteiger charge is 2.13. The van der Waals surface area contributed by atoms with E-state index in [1.807, 2.05) is 54.6 Å². The highest BCUT2D eigenvalue weighted by Crippen LogP contribution is 2.15. The van der Waals surface area contributed by atoms with E-state index in [2.05, 4.69) is 10.6 Å². The van der Waals surface area contributed by atoms with Gasteiger partial charge in [0, 0.05) is 12.1 Å². The number of amides is 1. The Morgan fingerprint density at radius 1 is 1.12 bits per heavy atom. The van der Waals surface area contributed by atoms with E-state index in [-0.39, 0.29) is 18.3 Å². The molecule has 2 aromatic rings. The van der Waals surface area contributed by atoms with Gasteiger partial charge < -0.3 is 15.4 Å². The van der Waals surface area contributed by atoms with Crippen molar-refractivity contribution in [3.05, 3.63) is 65.7 Å². The van der Waals surface area contributed by atoms with Gasteiger partial charge >= 0.3 is 0 Å². The molecule has 1 amide bonds. The number of nitrogens with one attached hydrogen (secondary N) is 2. The first kappa shape index (κ1) is 20.3. The van der Waals surface area contributed by atoms with Crippen molar-refractivity contribution in [2.45, 2.75) is 25.9 Å². The number of carbonyl (C=O) groups is 1. The van der Waals surface area contributed by atoms with Crippen LogP contribution < -0.4 is 15.4 Å². The van der Waals surface area contributed by atoms with Gasteiger partial charge in [0.25, 0.3) is 5.91 Å². The molecule has 0 aromatic heterocycles. The van der Waals surface area contributed by atoms with E-state index in [9.17, 15) is 4.79 Å². The van der Waals surface area contributed by atoms with E-state index >= 15 is 0 Å². The minimum absolute atomic E-state index is 0. The summed E-state index contributed by atoms with van der Waals surface area (Å²) in [5.41, 5.74) is 1.80. The fourth-order valence-corrected chi connectivity index (χ4v) is 3.11. The predicted molar refractivity (Wildman–Crippen MR) is 107 cm³/mol. The Labute approximate surface area is 161 Å². The normalized spacial score (nSPS) is 16.4. The van der Waals surface area contributed by atoms with Gasteiger partial charge in [0.05, 0.1) is 0 Å². The van der Waals surface area contributed by atoms with Crippen molar-refractivity contribution in [2.75, 3.05) is 19.6 Å². The lowest BCUT2D eigenvalue weighted by molar-refractivity contribution is 0.0950. The number of rotatable bonds is 7. The first-order valence-corrected chi connectivity index (χ1v) is 9.07. The van der Waals surface area contributed by atoms with Gasteiger partial charge in [0.2, 0.25) is 0 Å². The molecule has 1 fully saturated rings. The van der Waals surface area contributed by atoms with Crippen LogP contribution in [-0.4, -0.2) is 25.5 Å². The van der Waals surface area contributed by atoms with Crippen LogP contribution in [0.2, 0.25) is 0 Å². The summed E-state index contributed by atoms with van der Waals surface area (Å²) in [6, 6.07) is 17.4. The number of hydrogen-bond donors (Lipinski definition) is 2. The molecular weight excluding hydrogens is 348 g/mol. The highest BCUT2D eigenvalue weighted by molar-refractivity contribution is 5.94. The van der Waals surface area contributed by atoms with Crippen molar-refractivity contribution in [2.24, 2.45) is 5.92 Å². The Morgan fingerprint density at radius 2 is 1.88 bits per heavy atom. The van der Waals surface area contributed by atoms with Crippen LogP contribution >= 0.6 is 12.4 Å². The molecule has 26 heavy (non-hydrogen) atoms. The van der Waals surface area contributed by atoms with Crippen molar-refractivity contribution in [1.82, 2.24) is 10.6 Å². The summed E-state index contributed by atoms with van der Waals surface area (Å²) in [4.78, 5) is 12.2. The average Bonchev–Trinajstić information content (AvgIpc) is 2.68. The van der Waals surface area contributed by atoms with Gasteiger partial charge in [-0.2, -0.15) is 0 Å². The van der Waals surface area contributed by atoms with Gasteiger partial charge in [-0.15, -0.1) is 12.4 Å². The molecule has 5 heteroatoms. The second-order valence-corrected chi connectivity index (χ2v) is 6.56. The Hall–Kier alpha value is -2.04. The molecule has 0 radical (unpaired) electrons. The third-order valence-electron chi connectivity index (χ3n) is 4.60. The Bertz CT molecular complexity index is 655. The maximum Gasteiger partial charge on any atom is 0.251 e. The zero-order chi connectivity index (χ0) is 17.3. The van der Waals surface area contributed by atoms with Crippen LogP contribution in [-0.2, 0) is 6.61 Å². The number of piperidine rings is 1. The van der Waals surface area contributed by atoms with Crippen LogP contribution in [0.4, 0.5) is 0 Å². The number of ether oxygens (including phenoxy) is 1. The third-order valence-corrected chi connectivity index (χ3v) is 4.60. The largest absolute Gasteiger partial charge is 0.489 e. The summed E-state index contributed by atoms with van der Waals surface area (Å²) in [7, 11) is 0. The molecule has 1 aliphatic rings. The molecule has 0 spiro atoms. The monoisotopic (exact) mass is 374 g/mol. The van der Waals surface area contributed by atoms with E-state index in [1.165, 1.54) is 12.8 Å². The number of hydrogen-bond acceptors (Lipinski definition) is 3. The highest BCUT2D eigenvalue weighted by atomic mass is 35.5. The van der Waals surface area contributed by atoms with E-state index in [0.717, 1.165) is 37.4 Å². The van der Waals surface area contributed by atoms with E-state index in [4.69, 9.17) is 4.74 Å². The summed E-state index contributed by atoms with van der Waals surface area (Å²) < 4.78 is 5.75. The van der Waals surface area contributed by atoms with Crippen LogP contribution in [0.25, 0.3) is 0 Å². The maximum absolute atomic E-state index is 12.2. The fraction of sp³-hybridized carbons (Fsp3) is 0.381. The molecule has 140 valence electrons. The van der Waals surface area contributed by atoms with Crippen LogP contribution in [0, 0.1) is 5.92 Å². The SMILES string of the molecule is Cl.O=C(NCCC1CCCNC1)c1ccc(OCc2ccccc2)cc1. The maximum atomic E-state index is 12.2. The first-order chi connectivity index (χ1) is 12.3. The Kier molecular flexibility index (Phi) is 8.45. The molecule has 2 aromatic carbocycles. The molecule has 1 unspecified atom stereocenters. The molecule has 0 saturated carbocycles. The molecule has 1 aliphatic heterocycles. The van der Waals surface area contributed by atoms with E-state index < -0.39 is 0 Å². The topological polar surface area (TPSA) is 50.4 Å². The van der Waals surface area contributed by atoms with Gasteiger partial charge in [0.15, 0.2) is 0 Å². The first-order valence-electron chi connectivity index (χ1n) is 9.07. The van der Waals surface area contributed by atoms with Gasteiger partial charge in [-0.05, 0) is 68.1 Å². The van der Waals surface area contributed by atoms with Gasteiger partial charge in [-0.25, -0.2) is 0 Å². The lowest BCUT2D eigenvalue weighted by Crippen LogP contribution is -2.33. The quantitative estimate of drug-likeness (QED) is 0.774. The molecule has 1 heterocycles. The standard InChI is InChI=1S/C21H26N2O2.ClH/c24-21(23-14-12-17-7-4-13-22-15-17)19-8-10-20(11-9-19)25-16-18-5-2-1-3-6-18;/h1-3,5-6,8-11,17,22H,4,7,12-16H2,(H,23,24);1H. The second-order valence-electron chi connectivity index (χ2n) is 6.56. The molecule has 1 atom stereocenters. The molecule has 2 N–H and O–H groups in total. The van der Waals surface area contributed by atoms with Crippen LogP contribution in [0.5, 0.6) is 5.75 Å². The number of carbonyl (C=O) groups excluding carboxylic acids is 1. The van der Waals surface area contributed by atoms with Crippen molar-refractivity contribution < 1.29 is 9.53 Å². The van der Waals surface area contributed by atoms with Gasteiger partial charge in [0.1, 0.15) is 12.4 Å². The van der Waals surface area contributed by atoms with Gasteiger partial charge in [-0.1, -0.05) is 30.3 Å². The second kappa shape index (κ2) is 10.8. The lowest BCUT2D eigenvalue weighted by atomic mass is 9.96. The lowest BCUT2D eigenvalue weighted by Gasteiger charge is -2.22. The summed E-state index contributed by atoms with van der Waals surface area (Å²) in [5, 5.41) is 6.42. The minimum atomic E-state index is -0.0154. The van der Waals surface area contributed by atoms with Crippen molar-refractivity contribution in [3.63, 3.8) is 0 Å². The molecule has 0 aliphatic carbocycles. The van der Waals surface area contributed by atoms with Crippen molar-refractivity contribution in [1.29, 1.82) is 0 Å². The summed E-state index contributed by atoms with van der Waals surface area (Å²) in [5.74, 6) is 1.44. The average molecular weight is 375 g/mol. The minimum Gasteiger partial charge on any atom is -0.489 e. The smallest absolute Gasteiger partial charge is 0.251 e. The zero-order valence-electron chi connectivity index (χ0n) is 14.9. The fourth-order valence-electron chi connectivity index (χ4n) is 3.11.